The van der Waals surface area contributed by atoms with Gasteiger partial charge in [0.1, 0.15) is 5.75 Å². The van der Waals surface area contributed by atoms with Crippen LogP contribution in [0.5, 0.6) is 5.75 Å². The first kappa shape index (κ1) is 14.7. The van der Waals surface area contributed by atoms with Gasteiger partial charge in [0.05, 0.1) is 18.9 Å². The number of nitrogens with two attached hydrogens (primary N) is 1. The van der Waals surface area contributed by atoms with Crippen LogP contribution >= 0.6 is 0 Å². The highest BCUT2D eigenvalue weighted by atomic mass is 16.5. The SMILES string of the molecule is CCOc1ccc(C(=O)N(CCO)C2CCC2)cc1N. The maximum Gasteiger partial charge on any atom is 0.254 e. The molecule has 1 fully saturated rings. The highest BCUT2D eigenvalue weighted by molar-refractivity contribution is 5.95. The molecule has 1 aliphatic rings. The van der Waals surface area contributed by atoms with Crippen LogP contribution in [0.1, 0.15) is 36.5 Å². The third-order valence-electron chi connectivity index (χ3n) is 3.67. The summed E-state index contributed by atoms with van der Waals surface area (Å²) in [6.45, 7) is 2.78. The van der Waals surface area contributed by atoms with Gasteiger partial charge in [-0.25, -0.2) is 0 Å². The van der Waals surface area contributed by atoms with Crippen molar-refractivity contribution in [3.05, 3.63) is 23.8 Å². The minimum Gasteiger partial charge on any atom is -0.492 e. The zero-order valence-electron chi connectivity index (χ0n) is 11.8. The van der Waals surface area contributed by atoms with E-state index in [1.807, 2.05) is 6.92 Å². The Balaban J connectivity index is 2.15. The van der Waals surface area contributed by atoms with Crippen molar-refractivity contribution in [2.75, 3.05) is 25.5 Å². The second-order valence-electron chi connectivity index (χ2n) is 4.99. The predicted octanol–water partition coefficient (Wildman–Crippen LogP) is 1.65. The molecule has 0 heterocycles. The second kappa shape index (κ2) is 6.61. The van der Waals surface area contributed by atoms with Crippen LogP contribution in [0.25, 0.3) is 0 Å². The summed E-state index contributed by atoms with van der Waals surface area (Å²) in [6.07, 6.45) is 3.17. The first-order valence-electron chi connectivity index (χ1n) is 7.11. The Morgan fingerprint density at radius 3 is 2.75 bits per heavy atom. The van der Waals surface area contributed by atoms with Crippen LogP contribution in [-0.2, 0) is 0 Å². The van der Waals surface area contributed by atoms with Crippen molar-refractivity contribution in [3.63, 3.8) is 0 Å². The van der Waals surface area contributed by atoms with Crippen LogP contribution in [0.3, 0.4) is 0 Å². The molecule has 1 amide bonds. The van der Waals surface area contributed by atoms with E-state index in [2.05, 4.69) is 0 Å². The van der Waals surface area contributed by atoms with Crippen LogP contribution < -0.4 is 10.5 Å². The normalized spacial score (nSPS) is 14.7. The summed E-state index contributed by atoms with van der Waals surface area (Å²) in [4.78, 5) is 14.3. The second-order valence-corrected chi connectivity index (χ2v) is 4.99. The highest BCUT2D eigenvalue weighted by Gasteiger charge is 2.29. The van der Waals surface area contributed by atoms with E-state index in [1.54, 1.807) is 23.1 Å². The van der Waals surface area contributed by atoms with Crippen LogP contribution in [-0.4, -0.2) is 41.7 Å². The Hall–Kier alpha value is -1.75. The fraction of sp³-hybridized carbons (Fsp3) is 0.533. The predicted molar refractivity (Wildman–Crippen MR) is 77.8 cm³/mol. The van der Waals surface area contributed by atoms with E-state index in [4.69, 9.17) is 15.6 Å². The van der Waals surface area contributed by atoms with Gasteiger partial charge >= 0.3 is 0 Å². The van der Waals surface area contributed by atoms with Gasteiger partial charge < -0.3 is 20.5 Å². The molecular weight excluding hydrogens is 256 g/mol. The molecule has 20 heavy (non-hydrogen) atoms. The first-order valence-corrected chi connectivity index (χ1v) is 7.11. The number of hydrogen-bond donors (Lipinski definition) is 2. The molecule has 110 valence electrons. The minimum atomic E-state index is -0.0708. The van der Waals surface area contributed by atoms with E-state index in [-0.39, 0.29) is 18.6 Å². The monoisotopic (exact) mass is 278 g/mol. The van der Waals surface area contributed by atoms with Crippen LogP contribution in [0.4, 0.5) is 5.69 Å². The van der Waals surface area contributed by atoms with E-state index in [0.29, 0.717) is 30.2 Å². The lowest BCUT2D eigenvalue weighted by atomic mass is 9.91. The molecule has 0 unspecified atom stereocenters. The number of carbonyl (C=O) groups is 1. The van der Waals surface area contributed by atoms with Gasteiger partial charge in [0.15, 0.2) is 0 Å². The molecule has 1 aliphatic carbocycles. The number of hydrogen-bond acceptors (Lipinski definition) is 4. The number of nitrogen functional groups attached to an aromatic ring is 1. The third kappa shape index (κ3) is 3.04. The fourth-order valence-corrected chi connectivity index (χ4v) is 2.39. The topological polar surface area (TPSA) is 75.8 Å². The molecule has 5 nitrogen and oxygen atoms in total. The molecule has 0 saturated heterocycles. The Bertz CT molecular complexity index is 472. The van der Waals surface area contributed by atoms with Crippen molar-refractivity contribution in [1.29, 1.82) is 0 Å². The third-order valence-corrected chi connectivity index (χ3v) is 3.67. The number of amides is 1. The number of benzene rings is 1. The Morgan fingerprint density at radius 1 is 1.50 bits per heavy atom. The number of aliphatic hydroxyl groups excluding tert-OH is 1. The van der Waals surface area contributed by atoms with Gasteiger partial charge in [0.2, 0.25) is 0 Å². The quantitative estimate of drug-likeness (QED) is 0.776. The fourth-order valence-electron chi connectivity index (χ4n) is 2.39. The van der Waals surface area contributed by atoms with E-state index >= 15 is 0 Å². The molecule has 1 aromatic carbocycles. The summed E-state index contributed by atoms with van der Waals surface area (Å²) in [5.41, 5.74) is 6.91. The summed E-state index contributed by atoms with van der Waals surface area (Å²) < 4.78 is 5.37. The summed E-state index contributed by atoms with van der Waals surface area (Å²) in [5, 5.41) is 9.13. The van der Waals surface area contributed by atoms with E-state index in [1.165, 1.54) is 0 Å². The molecule has 0 radical (unpaired) electrons. The summed E-state index contributed by atoms with van der Waals surface area (Å²) >= 11 is 0. The molecule has 0 spiro atoms. The number of rotatable bonds is 6. The lowest BCUT2D eigenvalue weighted by molar-refractivity contribution is 0.0526. The largest absolute Gasteiger partial charge is 0.492 e. The van der Waals surface area contributed by atoms with E-state index in [0.717, 1.165) is 19.3 Å². The van der Waals surface area contributed by atoms with Crippen molar-refractivity contribution in [2.24, 2.45) is 0 Å². The molecule has 0 aliphatic heterocycles. The zero-order valence-corrected chi connectivity index (χ0v) is 11.8. The average molecular weight is 278 g/mol. The molecular formula is C15H22N2O3. The summed E-state index contributed by atoms with van der Waals surface area (Å²) in [6, 6.07) is 5.36. The van der Waals surface area contributed by atoms with E-state index < -0.39 is 0 Å². The van der Waals surface area contributed by atoms with Gasteiger partial charge in [0, 0.05) is 18.2 Å². The van der Waals surface area contributed by atoms with E-state index in [9.17, 15) is 4.79 Å². The number of carbonyl (C=O) groups excluding carboxylic acids is 1. The number of aliphatic hydroxyl groups is 1. The number of anilines is 1. The maximum atomic E-state index is 12.5. The minimum absolute atomic E-state index is 0.0191. The molecule has 3 N–H and O–H groups in total. The van der Waals surface area contributed by atoms with Crippen LogP contribution in [0.15, 0.2) is 18.2 Å². The molecule has 2 rings (SSSR count). The molecule has 0 bridgehead atoms. The van der Waals surface area contributed by atoms with Gasteiger partial charge in [-0.15, -0.1) is 0 Å². The van der Waals surface area contributed by atoms with Gasteiger partial charge in [0.25, 0.3) is 5.91 Å². The highest BCUT2D eigenvalue weighted by Crippen LogP contribution is 2.28. The lowest BCUT2D eigenvalue weighted by Crippen LogP contribution is -2.45. The van der Waals surface area contributed by atoms with Gasteiger partial charge in [-0.2, -0.15) is 0 Å². The first-order chi connectivity index (χ1) is 9.67. The summed E-state index contributed by atoms with van der Waals surface area (Å²) in [5.74, 6) is 0.528. The number of nitrogens with zero attached hydrogens (tertiary/aromatic N) is 1. The smallest absolute Gasteiger partial charge is 0.254 e. The Morgan fingerprint density at radius 2 is 2.25 bits per heavy atom. The lowest BCUT2D eigenvalue weighted by Gasteiger charge is -2.37. The van der Waals surface area contributed by atoms with Crippen molar-refractivity contribution in [1.82, 2.24) is 4.90 Å². The van der Waals surface area contributed by atoms with Crippen molar-refractivity contribution in [2.45, 2.75) is 32.2 Å². The Labute approximate surface area is 119 Å². The summed E-state index contributed by atoms with van der Waals surface area (Å²) in [7, 11) is 0. The van der Waals surface area contributed by atoms with Crippen LogP contribution in [0, 0.1) is 0 Å². The molecule has 0 aromatic heterocycles. The molecule has 1 aromatic rings. The standard InChI is InChI=1S/C15H22N2O3/c1-2-20-14-7-6-11(10-13(14)16)15(19)17(8-9-18)12-4-3-5-12/h6-7,10,12,18H,2-5,8-9,16H2,1H3. The van der Waals surface area contributed by atoms with Crippen molar-refractivity contribution >= 4 is 11.6 Å². The maximum absolute atomic E-state index is 12.5. The zero-order chi connectivity index (χ0) is 14.5. The average Bonchev–Trinajstić information content (AvgIpc) is 2.38. The van der Waals surface area contributed by atoms with Gasteiger partial charge in [-0.05, 0) is 44.4 Å². The van der Waals surface area contributed by atoms with Gasteiger partial charge in [-0.3, -0.25) is 4.79 Å². The van der Waals surface area contributed by atoms with Gasteiger partial charge in [-0.1, -0.05) is 0 Å². The van der Waals surface area contributed by atoms with Crippen molar-refractivity contribution in [3.8, 4) is 5.75 Å². The van der Waals surface area contributed by atoms with Crippen LogP contribution in [0.2, 0.25) is 0 Å². The molecule has 5 heteroatoms. The molecule has 0 atom stereocenters. The number of ether oxygens (including phenoxy) is 1. The van der Waals surface area contributed by atoms with Crippen molar-refractivity contribution < 1.29 is 14.6 Å². The Kier molecular flexibility index (Phi) is 4.84. The molecule has 1 saturated carbocycles.